The number of carbonyl (C=O) groups excluding carboxylic acids is 1. The van der Waals surface area contributed by atoms with E-state index in [1.165, 1.54) is 0 Å². The molecule has 0 aliphatic carbocycles. The summed E-state index contributed by atoms with van der Waals surface area (Å²) in [5, 5.41) is 5.89. The standard InChI is InChI=1S/C10H22N2OS/c1-5-14-7-6-8(2)12-9(3)10(13)11-4/h8-9,12H,5-7H2,1-4H3,(H,11,13). The number of likely N-dealkylation sites (N-methyl/N-ethyl adjacent to an activating group) is 1. The summed E-state index contributed by atoms with van der Waals surface area (Å²) in [5.41, 5.74) is 0. The van der Waals surface area contributed by atoms with Gasteiger partial charge in [0.15, 0.2) is 0 Å². The van der Waals surface area contributed by atoms with Crippen molar-refractivity contribution in [2.45, 2.75) is 39.3 Å². The highest BCUT2D eigenvalue weighted by Crippen LogP contribution is 2.04. The molecule has 0 aromatic carbocycles. The van der Waals surface area contributed by atoms with Gasteiger partial charge in [-0.1, -0.05) is 6.92 Å². The molecule has 3 nitrogen and oxygen atoms in total. The Kier molecular flexibility index (Phi) is 7.99. The first kappa shape index (κ1) is 13.8. The van der Waals surface area contributed by atoms with Gasteiger partial charge in [0.25, 0.3) is 0 Å². The second-order valence-corrected chi connectivity index (χ2v) is 4.78. The molecule has 2 N–H and O–H groups in total. The predicted octanol–water partition coefficient (Wildman–Crippen LogP) is 1.24. The molecule has 0 saturated carbocycles. The molecule has 0 aliphatic heterocycles. The Morgan fingerprint density at radius 3 is 2.57 bits per heavy atom. The maximum absolute atomic E-state index is 11.2. The van der Waals surface area contributed by atoms with Gasteiger partial charge in [-0.05, 0) is 31.8 Å². The van der Waals surface area contributed by atoms with Crippen LogP contribution < -0.4 is 10.6 Å². The summed E-state index contributed by atoms with van der Waals surface area (Å²) in [6.45, 7) is 6.17. The van der Waals surface area contributed by atoms with E-state index in [2.05, 4.69) is 24.5 Å². The SMILES string of the molecule is CCSCCC(C)NC(C)C(=O)NC. The molecule has 4 heteroatoms. The first-order valence-electron chi connectivity index (χ1n) is 5.17. The van der Waals surface area contributed by atoms with Crippen molar-refractivity contribution in [3.05, 3.63) is 0 Å². The number of amides is 1. The largest absolute Gasteiger partial charge is 0.358 e. The fraction of sp³-hybridized carbons (Fsp3) is 0.900. The highest BCUT2D eigenvalue weighted by Gasteiger charge is 2.12. The summed E-state index contributed by atoms with van der Waals surface area (Å²) in [6, 6.07) is 0.308. The minimum absolute atomic E-state index is 0.0556. The summed E-state index contributed by atoms with van der Waals surface area (Å²) in [7, 11) is 1.66. The first-order chi connectivity index (χ1) is 6.61. The number of hydrogen-bond acceptors (Lipinski definition) is 3. The third-order valence-corrected chi connectivity index (χ3v) is 3.01. The molecule has 0 saturated heterocycles. The molecule has 2 unspecified atom stereocenters. The maximum atomic E-state index is 11.2. The number of carbonyl (C=O) groups is 1. The first-order valence-corrected chi connectivity index (χ1v) is 6.32. The highest BCUT2D eigenvalue weighted by molar-refractivity contribution is 7.99. The third kappa shape index (κ3) is 6.27. The molecular weight excluding hydrogens is 196 g/mol. The number of nitrogens with one attached hydrogen (secondary N) is 2. The van der Waals surface area contributed by atoms with E-state index >= 15 is 0 Å². The van der Waals surface area contributed by atoms with Crippen LogP contribution in [0.2, 0.25) is 0 Å². The fourth-order valence-electron chi connectivity index (χ4n) is 1.21. The molecule has 84 valence electrons. The quantitative estimate of drug-likeness (QED) is 0.632. The van der Waals surface area contributed by atoms with E-state index in [9.17, 15) is 4.79 Å². The lowest BCUT2D eigenvalue weighted by Gasteiger charge is -2.18. The van der Waals surface area contributed by atoms with Crippen molar-refractivity contribution >= 4 is 17.7 Å². The molecule has 0 heterocycles. The fourth-order valence-corrected chi connectivity index (χ4v) is 2.02. The van der Waals surface area contributed by atoms with E-state index in [1.807, 2.05) is 18.7 Å². The Morgan fingerprint density at radius 1 is 1.43 bits per heavy atom. The van der Waals surface area contributed by atoms with E-state index in [4.69, 9.17) is 0 Å². The van der Waals surface area contributed by atoms with Gasteiger partial charge in [0.2, 0.25) is 5.91 Å². The predicted molar refractivity (Wildman–Crippen MR) is 63.7 cm³/mol. The number of thioether (sulfide) groups is 1. The Bertz CT molecular complexity index is 164. The van der Waals surface area contributed by atoms with E-state index in [0.717, 1.165) is 17.9 Å². The summed E-state index contributed by atoms with van der Waals surface area (Å²) >= 11 is 1.94. The van der Waals surface area contributed by atoms with Crippen LogP contribution in [0.25, 0.3) is 0 Å². The summed E-state index contributed by atoms with van der Waals surface area (Å²) in [6.07, 6.45) is 1.11. The van der Waals surface area contributed by atoms with Crippen LogP contribution in [-0.2, 0) is 4.79 Å². The van der Waals surface area contributed by atoms with Crippen molar-refractivity contribution in [3.63, 3.8) is 0 Å². The topological polar surface area (TPSA) is 41.1 Å². The van der Waals surface area contributed by atoms with E-state index in [1.54, 1.807) is 7.05 Å². The van der Waals surface area contributed by atoms with Crippen LogP contribution in [0, 0.1) is 0 Å². The Labute approximate surface area is 91.4 Å². The average molecular weight is 218 g/mol. The highest BCUT2D eigenvalue weighted by atomic mass is 32.2. The minimum atomic E-state index is -0.0957. The Morgan fingerprint density at radius 2 is 2.07 bits per heavy atom. The van der Waals surface area contributed by atoms with Gasteiger partial charge in [0.1, 0.15) is 0 Å². The number of rotatable bonds is 7. The summed E-state index contributed by atoms with van der Waals surface area (Å²) in [4.78, 5) is 11.2. The summed E-state index contributed by atoms with van der Waals surface area (Å²) < 4.78 is 0. The molecule has 0 aromatic heterocycles. The van der Waals surface area contributed by atoms with Crippen LogP contribution >= 0.6 is 11.8 Å². The molecule has 0 rings (SSSR count). The zero-order valence-electron chi connectivity index (χ0n) is 9.59. The minimum Gasteiger partial charge on any atom is -0.358 e. The maximum Gasteiger partial charge on any atom is 0.236 e. The monoisotopic (exact) mass is 218 g/mol. The van der Waals surface area contributed by atoms with Crippen molar-refractivity contribution in [1.82, 2.24) is 10.6 Å². The van der Waals surface area contributed by atoms with Crippen molar-refractivity contribution in [2.24, 2.45) is 0 Å². The van der Waals surface area contributed by atoms with Crippen LogP contribution in [0.15, 0.2) is 0 Å². The van der Waals surface area contributed by atoms with Crippen LogP contribution in [-0.4, -0.2) is 36.5 Å². The van der Waals surface area contributed by atoms with Crippen LogP contribution in [0.1, 0.15) is 27.2 Å². The van der Waals surface area contributed by atoms with Gasteiger partial charge in [0.05, 0.1) is 6.04 Å². The van der Waals surface area contributed by atoms with Gasteiger partial charge < -0.3 is 10.6 Å². The second kappa shape index (κ2) is 8.12. The average Bonchev–Trinajstić information content (AvgIpc) is 2.16. The zero-order chi connectivity index (χ0) is 11.0. The van der Waals surface area contributed by atoms with Crippen molar-refractivity contribution in [3.8, 4) is 0 Å². The van der Waals surface area contributed by atoms with E-state index in [-0.39, 0.29) is 11.9 Å². The normalized spacial score (nSPS) is 14.9. The van der Waals surface area contributed by atoms with Gasteiger partial charge >= 0.3 is 0 Å². The molecular formula is C10H22N2OS. The van der Waals surface area contributed by atoms with Crippen LogP contribution in [0.4, 0.5) is 0 Å². The molecule has 0 spiro atoms. The zero-order valence-corrected chi connectivity index (χ0v) is 10.4. The molecule has 0 bridgehead atoms. The Hall–Kier alpha value is -0.220. The molecule has 0 aromatic rings. The summed E-state index contributed by atoms with van der Waals surface area (Å²) in [5.74, 6) is 2.38. The molecule has 1 amide bonds. The van der Waals surface area contributed by atoms with Gasteiger partial charge in [-0.2, -0.15) is 11.8 Å². The molecule has 0 fully saturated rings. The lowest BCUT2D eigenvalue weighted by Crippen LogP contribution is -2.44. The van der Waals surface area contributed by atoms with Gasteiger partial charge in [-0.25, -0.2) is 0 Å². The van der Waals surface area contributed by atoms with Gasteiger partial charge in [-0.3, -0.25) is 4.79 Å². The molecule has 14 heavy (non-hydrogen) atoms. The van der Waals surface area contributed by atoms with Crippen LogP contribution in [0.3, 0.4) is 0 Å². The van der Waals surface area contributed by atoms with Crippen LogP contribution in [0.5, 0.6) is 0 Å². The van der Waals surface area contributed by atoms with Gasteiger partial charge in [-0.15, -0.1) is 0 Å². The smallest absolute Gasteiger partial charge is 0.236 e. The Balaban J connectivity index is 3.59. The molecule has 0 aliphatic rings. The van der Waals surface area contributed by atoms with E-state index in [0.29, 0.717) is 6.04 Å². The van der Waals surface area contributed by atoms with E-state index < -0.39 is 0 Å². The van der Waals surface area contributed by atoms with Crippen molar-refractivity contribution in [2.75, 3.05) is 18.6 Å². The number of hydrogen-bond donors (Lipinski definition) is 2. The molecule has 0 radical (unpaired) electrons. The van der Waals surface area contributed by atoms with Gasteiger partial charge in [0, 0.05) is 13.1 Å². The second-order valence-electron chi connectivity index (χ2n) is 3.39. The van der Waals surface area contributed by atoms with Crippen molar-refractivity contribution in [1.29, 1.82) is 0 Å². The van der Waals surface area contributed by atoms with Crippen molar-refractivity contribution < 1.29 is 4.79 Å². The third-order valence-electron chi connectivity index (χ3n) is 2.07. The molecule has 2 atom stereocenters. The lowest BCUT2D eigenvalue weighted by molar-refractivity contribution is -0.122. The lowest BCUT2D eigenvalue weighted by atomic mass is 10.2.